The average molecular weight is 443 g/mol. The number of nitrogens with one attached hydrogen (secondary N) is 1. The van der Waals surface area contributed by atoms with Crippen molar-refractivity contribution in [2.75, 3.05) is 6.54 Å². The first kappa shape index (κ1) is 24.2. The van der Waals surface area contributed by atoms with Gasteiger partial charge in [-0.3, -0.25) is 9.59 Å². The largest absolute Gasteiger partial charge is 0.355 e. The maximum absolute atomic E-state index is 13.7. The van der Waals surface area contributed by atoms with Crippen LogP contribution in [0.15, 0.2) is 72.8 Å². The number of carbonyl (C=O) groups is 2. The van der Waals surface area contributed by atoms with Gasteiger partial charge in [-0.15, -0.1) is 0 Å². The molecule has 0 heterocycles. The minimum atomic E-state index is -0.591. The smallest absolute Gasteiger partial charge is 0.243 e. The van der Waals surface area contributed by atoms with Gasteiger partial charge in [-0.05, 0) is 44.4 Å². The molecule has 0 saturated heterocycles. The Morgan fingerprint density at radius 3 is 2.03 bits per heavy atom. The van der Waals surface area contributed by atoms with Gasteiger partial charge >= 0.3 is 0 Å². The molecule has 0 aromatic heterocycles. The molecule has 0 bridgehead atoms. The Bertz CT molecular complexity index is 1050. The number of aryl methyl sites for hydroxylation is 3. The van der Waals surface area contributed by atoms with Crippen LogP contribution in [0.3, 0.4) is 0 Å². The van der Waals surface area contributed by atoms with Gasteiger partial charge in [-0.2, -0.15) is 0 Å². The van der Waals surface area contributed by atoms with Crippen LogP contribution < -0.4 is 5.32 Å². The van der Waals surface area contributed by atoms with Crippen LogP contribution in [0.25, 0.3) is 0 Å². The molecule has 1 atom stereocenters. The van der Waals surface area contributed by atoms with Crippen LogP contribution in [0.1, 0.15) is 40.3 Å². The van der Waals surface area contributed by atoms with Crippen molar-refractivity contribution >= 4 is 11.8 Å². The van der Waals surface area contributed by atoms with E-state index in [1.807, 2.05) is 94.4 Å². The van der Waals surface area contributed by atoms with E-state index in [0.29, 0.717) is 19.5 Å². The van der Waals surface area contributed by atoms with Crippen molar-refractivity contribution < 1.29 is 9.59 Å². The van der Waals surface area contributed by atoms with E-state index >= 15 is 0 Å². The van der Waals surface area contributed by atoms with E-state index in [2.05, 4.69) is 11.4 Å². The molecule has 4 nitrogen and oxygen atoms in total. The highest BCUT2D eigenvalue weighted by atomic mass is 16.2. The van der Waals surface area contributed by atoms with E-state index in [-0.39, 0.29) is 18.2 Å². The van der Waals surface area contributed by atoms with Crippen LogP contribution in [0.5, 0.6) is 0 Å². The van der Waals surface area contributed by atoms with Gasteiger partial charge in [-0.25, -0.2) is 0 Å². The van der Waals surface area contributed by atoms with Gasteiger partial charge in [0.05, 0.1) is 6.42 Å². The highest BCUT2D eigenvalue weighted by Gasteiger charge is 2.30. The predicted molar refractivity (Wildman–Crippen MR) is 134 cm³/mol. The van der Waals surface area contributed by atoms with Gasteiger partial charge in [0.2, 0.25) is 11.8 Å². The Morgan fingerprint density at radius 2 is 1.42 bits per heavy atom. The standard InChI is InChI=1S/C29H34N2O2/c1-5-30-29(33)27(18-24-9-7-6-8-10-24)31(20-25-13-11-21(2)12-14-25)28(32)19-26-16-22(3)15-23(4)17-26/h6-17,27H,5,18-20H2,1-4H3,(H,30,33). The SMILES string of the molecule is CCNC(=O)C(Cc1ccccc1)N(Cc1ccc(C)cc1)C(=O)Cc1cc(C)cc(C)c1. The highest BCUT2D eigenvalue weighted by molar-refractivity contribution is 5.88. The van der Waals surface area contributed by atoms with Crippen LogP contribution in [0, 0.1) is 20.8 Å². The molecule has 2 amide bonds. The van der Waals surface area contributed by atoms with Gasteiger partial charge in [-0.1, -0.05) is 89.5 Å². The molecular formula is C29H34N2O2. The molecule has 3 rings (SSSR count). The number of nitrogens with zero attached hydrogens (tertiary/aromatic N) is 1. The van der Waals surface area contributed by atoms with Crippen molar-refractivity contribution in [1.29, 1.82) is 0 Å². The Kier molecular flexibility index (Phi) is 8.42. The van der Waals surface area contributed by atoms with Crippen LogP contribution in [0.4, 0.5) is 0 Å². The number of carbonyl (C=O) groups excluding carboxylic acids is 2. The van der Waals surface area contributed by atoms with Gasteiger partial charge in [0, 0.05) is 19.5 Å². The lowest BCUT2D eigenvalue weighted by Crippen LogP contribution is -2.50. The fourth-order valence-electron chi connectivity index (χ4n) is 4.18. The molecule has 3 aromatic carbocycles. The van der Waals surface area contributed by atoms with E-state index in [1.54, 1.807) is 4.90 Å². The zero-order valence-corrected chi connectivity index (χ0v) is 20.1. The highest BCUT2D eigenvalue weighted by Crippen LogP contribution is 2.18. The summed E-state index contributed by atoms with van der Waals surface area (Å²) in [6, 6.07) is 23.7. The van der Waals surface area contributed by atoms with Crippen LogP contribution in [-0.2, 0) is 29.0 Å². The quantitative estimate of drug-likeness (QED) is 0.511. The second kappa shape index (κ2) is 11.5. The summed E-state index contributed by atoms with van der Waals surface area (Å²) >= 11 is 0. The van der Waals surface area contributed by atoms with Crippen molar-refractivity contribution in [1.82, 2.24) is 10.2 Å². The third-order valence-corrected chi connectivity index (χ3v) is 5.73. The summed E-state index contributed by atoms with van der Waals surface area (Å²) in [5, 5.41) is 2.95. The summed E-state index contributed by atoms with van der Waals surface area (Å²) in [5.41, 5.74) is 6.44. The average Bonchev–Trinajstić information content (AvgIpc) is 2.77. The molecule has 4 heteroatoms. The molecule has 0 fully saturated rings. The summed E-state index contributed by atoms with van der Waals surface area (Å²) in [5.74, 6) is -0.171. The zero-order valence-electron chi connectivity index (χ0n) is 20.1. The molecule has 0 spiro atoms. The number of hydrogen-bond donors (Lipinski definition) is 1. The lowest BCUT2D eigenvalue weighted by atomic mass is 10.00. The molecule has 1 unspecified atom stereocenters. The number of rotatable bonds is 9. The van der Waals surface area contributed by atoms with Gasteiger partial charge in [0.1, 0.15) is 6.04 Å². The fourth-order valence-corrected chi connectivity index (χ4v) is 4.18. The molecule has 0 aliphatic carbocycles. The van der Waals surface area contributed by atoms with E-state index < -0.39 is 6.04 Å². The van der Waals surface area contributed by atoms with Crippen molar-refractivity contribution in [3.63, 3.8) is 0 Å². The minimum Gasteiger partial charge on any atom is -0.355 e. The molecule has 33 heavy (non-hydrogen) atoms. The Hall–Kier alpha value is -3.40. The summed E-state index contributed by atoms with van der Waals surface area (Å²) < 4.78 is 0. The summed E-state index contributed by atoms with van der Waals surface area (Å²) in [6.07, 6.45) is 0.732. The molecule has 172 valence electrons. The monoisotopic (exact) mass is 442 g/mol. The first-order valence-corrected chi connectivity index (χ1v) is 11.6. The first-order valence-electron chi connectivity index (χ1n) is 11.6. The van der Waals surface area contributed by atoms with E-state index in [4.69, 9.17) is 0 Å². The number of amides is 2. The fraction of sp³-hybridized carbons (Fsp3) is 0.310. The third kappa shape index (κ3) is 7.04. The van der Waals surface area contributed by atoms with Crippen molar-refractivity contribution in [3.8, 4) is 0 Å². The summed E-state index contributed by atoms with van der Waals surface area (Å²) in [4.78, 5) is 28.6. The second-order valence-electron chi connectivity index (χ2n) is 8.78. The number of hydrogen-bond acceptors (Lipinski definition) is 2. The normalized spacial score (nSPS) is 11.6. The zero-order chi connectivity index (χ0) is 23.8. The number of likely N-dealkylation sites (N-methyl/N-ethyl adjacent to an activating group) is 1. The Labute approximate surface area is 197 Å². The predicted octanol–water partition coefficient (Wildman–Crippen LogP) is 4.93. The molecular weight excluding hydrogens is 408 g/mol. The van der Waals surface area contributed by atoms with Crippen LogP contribution in [-0.4, -0.2) is 29.3 Å². The Morgan fingerprint density at radius 1 is 0.788 bits per heavy atom. The lowest BCUT2D eigenvalue weighted by Gasteiger charge is -2.31. The molecule has 1 N–H and O–H groups in total. The molecule has 0 radical (unpaired) electrons. The first-order chi connectivity index (χ1) is 15.9. The van der Waals surface area contributed by atoms with Crippen LogP contribution in [0.2, 0.25) is 0 Å². The molecule has 0 aliphatic heterocycles. The van der Waals surface area contributed by atoms with Gasteiger partial charge in [0.15, 0.2) is 0 Å². The van der Waals surface area contributed by atoms with Crippen molar-refractivity contribution in [3.05, 3.63) is 106 Å². The molecule has 0 aliphatic rings. The van der Waals surface area contributed by atoms with E-state index in [9.17, 15) is 9.59 Å². The minimum absolute atomic E-state index is 0.0484. The van der Waals surface area contributed by atoms with Crippen molar-refractivity contribution in [2.24, 2.45) is 0 Å². The second-order valence-corrected chi connectivity index (χ2v) is 8.78. The van der Waals surface area contributed by atoms with Crippen LogP contribution >= 0.6 is 0 Å². The van der Waals surface area contributed by atoms with Gasteiger partial charge < -0.3 is 10.2 Å². The van der Waals surface area contributed by atoms with E-state index in [0.717, 1.165) is 33.4 Å². The molecule has 0 saturated carbocycles. The number of benzene rings is 3. The van der Waals surface area contributed by atoms with E-state index in [1.165, 1.54) is 0 Å². The Balaban J connectivity index is 1.96. The summed E-state index contributed by atoms with van der Waals surface area (Å²) in [6.45, 7) is 8.93. The lowest BCUT2D eigenvalue weighted by molar-refractivity contribution is -0.140. The third-order valence-electron chi connectivity index (χ3n) is 5.73. The molecule has 3 aromatic rings. The maximum atomic E-state index is 13.7. The maximum Gasteiger partial charge on any atom is 0.243 e. The van der Waals surface area contributed by atoms with Crippen molar-refractivity contribution in [2.45, 2.75) is 53.1 Å². The topological polar surface area (TPSA) is 49.4 Å². The van der Waals surface area contributed by atoms with Gasteiger partial charge in [0.25, 0.3) is 0 Å². The summed E-state index contributed by atoms with van der Waals surface area (Å²) in [7, 11) is 0.